The van der Waals surface area contributed by atoms with Crippen molar-refractivity contribution in [1.82, 2.24) is 9.78 Å². The lowest BCUT2D eigenvalue weighted by Gasteiger charge is -2.09. The third-order valence-electron chi connectivity index (χ3n) is 3.55. The van der Waals surface area contributed by atoms with Gasteiger partial charge < -0.3 is 10.5 Å². The van der Waals surface area contributed by atoms with E-state index < -0.39 is 5.97 Å². The van der Waals surface area contributed by atoms with Crippen LogP contribution in [0.15, 0.2) is 18.2 Å². The molecule has 0 radical (unpaired) electrons. The third-order valence-corrected chi connectivity index (χ3v) is 3.55. The number of carbonyl (C=O) groups excluding carboxylic acids is 1. The Morgan fingerprint density at radius 2 is 2.10 bits per heavy atom. The van der Waals surface area contributed by atoms with Gasteiger partial charge in [-0.1, -0.05) is 30.7 Å². The highest BCUT2D eigenvalue weighted by Crippen LogP contribution is 2.19. The summed E-state index contributed by atoms with van der Waals surface area (Å²) in [6.45, 7) is 6.19. The Morgan fingerprint density at radius 1 is 1.38 bits per heavy atom. The fraction of sp³-hybridized carbons (Fsp3) is 0.375. The largest absolute Gasteiger partial charge is 0.456 e. The summed E-state index contributed by atoms with van der Waals surface area (Å²) < 4.78 is 6.88. The van der Waals surface area contributed by atoms with Gasteiger partial charge in [0.1, 0.15) is 6.61 Å². The zero-order chi connectivity index (χ0) is 15.6. The zero-order valence-corrected chi connectivity index (χ0v) is 12.9. The Morgan fingerprint density at radius 3 is 2.71 bits per heavy atom. The van der Waals surface area contributed by atoms with E-state index in [1.807, 2.05) is 39.0 Å². The van der Waals surface area contributed by atoms with Crippen molar-refractivity contribution in [3.05, 3.63) is 46.3 Å². The Labute approximate surface area is 124 Å². The van der Waals surface area contributed by atoms with Gasteiger partial charge in [0.25, 0.3) is 0 Å². The molecule has 0 aliphatic heterocycles. The van der Waals surface area contributed by atoms with E-state index in [4.69, 9.17) is 10.5 Å². The summed E-state index contributed by atoms with van der Waals surface area (Å²) in [5, 5.41) is 4.23. The van der Waals surface area contributed by atoms with Crippen LogP contribution in [0.3, 0.4) is 0 Å². The molecule has 0 amide bonds. The number of carbonyl (C=O) groups is 1. The highest BCUT2D eigenvalue weighted by atomic mass is 16.5. The average molecular weight is 287 g/mol. The Balaban J connectivity index is 2.15. The number of rotatable bonds is 4. The molecule has 0 fully saturated rings. The van der Waals surface area contributed by atoms with Gasteiger partial charge >= 0.3 is 5.97 Å². The van der Waals surface area contributed by atoms with Gasteiger partial charge in [0.15, 0.2) is 5.69 Å². The minimum Gasteiger partial charge on any atom is -0.456 e. The number of benzene rings is 1. The first-order valence-electron chi connectivity index (χ1n) is 6.98. The van der Waals surface area contributed by atoms with Crippen molar-refractivity contribution in [2.24, 2.45) is 7.05 Å². The molecule has 0 aliphatic rings. The number of aryl methyl sites for hydroxylation is 4. The number of nitrogens with two attached hydrogens (primary N) is 1. The molecule has 0 bridgehead atoms. The number of hydrogen-bond donors (Lipinski definition) is 1. The lowest BCUT2D eigenvalue weighted by Crippen LogP contribution is -2.13. The van der Waals surface area contributed by atoms with Crippen LogP contribution in [0.25, 0.3) is 0 Å². The summed E-state index contributed by atoms with van der Waals surface area (Å²) in [5.74, 6) is -0.442. The Bertz CT molecular complexity index is 674. The van der Waals surface area contributed by atoms with E-state index in [-0.39, 0.29) is 6.61 Å². The Hall–Kier alpha value is -2.30. The molecule has 0 unspecified atom stereocenters. The number of ether oxygens (including phenoxy) is 1. The molecule has 2 rings (SSSR count). The molecule has 0 saturated carbocycles. The van der Waals surface area contributed by atoms with Crippen molar-refractivity contribution in [3.8, 4) is 0 Å². The van der Waals surface area contributed by atoms with Gasteiger partial charge in [-0.2, -0.15) is 5.10 Å². The minimum absolute atomic E-state index is 0.235. The van der Waals surface area contributed by atoms with Gasteiger partial charge in [-0.05, 0) is 31.4 Å². The van der Waals surface area contributed by atoms with Crippen LogP contribution in [-0.4, -0.2) is 15.7 Å². The van der Waals surface area contributed by atoms with Crippen molar-refractivity contribution in [3.63, 3.8) is 0 Å². The molecule has 0 saturated heterocycles. The standard InChI is InChI=1S/C16H21N3O2/c1-5-13-14(17)15(19(4)18-13)16(20)21-9-12-8-10(2)6-7-11(12)3/h6-8H,5,9,17H2,1-4H3. The van der Waals surface area contributed by atoms with Crippen LogP contribution >= 0.6 is 0 Å². The number of aromatic nitrogens is 2. The molecule has 0 atom stereocenters. The number of hydrogen-bond acceptors (Lipinski definition) is 4. The third kappa shape index (κ3) is 3.07. The first kappa shape index (κ1) is 15.1. The summed E-state index contributed by atoms with van der Waals surface area (Å²) in [7, 11) is 1.70. The lowest BCUT2D eigenvalue weighted by atomic mass is 10.1. The molecule has 112 valence electrons. The zero-order valence-electron chi connectivity index (χ0n) is 12.9. The molecule has 5 nitrogen and oxygen atoms in total. The maximum Gasteiger partial charge on any atom is 0.359 e. The van der Waals surface area contributed by atoms with Crippen LogP contribution in [0.2, 0.25) is 0 Å². The molecule has 2 aromatic rings. The van der Waals surface area contributed by atoms with Crippen LogP contribution in [0.1, 0.15) is 39.8 Å². The second-order valence-corrected chi connectivity index (χ2v) is 5.19. The van der Waals surface area contributed by atoms with Gasteiger partial charge in [-0.25, -0.2) is 4.79 Å². The molecular formula is C16H21N3O2. The van der Waals surface area contributed by atoms with Crippen LogP contribution in [-0.2, 0) is 24.8 Å². The molecule has 0 spiro atoms. The fourth-order valence-electron chi connectivity index (χ4n) is 2.27. The lowest BCUT2D eigenvalue weighted by molar-refractivity contribution is 0.0460. The molecule has 1 heterocycles. The highest BCUT2D eigenvalue weighted by Gasteiger charge is 2.20. The van der Waals surface area contributed by atoms with Crippen molar-refractivity contribution >= 4 is 11.7 Å². The molecule has 5 heteroatoms. The van der Waals surface area contributed by atoms with Crippen LogP contribution < -0.4 is 5.73 Å². The first-order chi connectivity index (χ1) is 9.93. The molecule has 21 heavy (non-hydrogen) atoms. The fourth-order valence-corrected chi connectivity index (χ4v) is 2.27. The highest BCUT2D eigenvalue weighted by molar-refractivity contribution is 5.93. The van der Waals surface area contributed by atoms with Gasteiger partial charge in [0.05, 0.1) is 11.4 Å². The van der Waals surface area contributed by atoms with E-state index in [0.717, 1.165) is 22.4 Å². The monoisotopic (exact) mass is 287 g/mol. The predicted octanol–water partition coefficient (Wildman–Crippen LogP) is 2.54. The van der Waals surface area contributed by atoms with E-state index in [0.29, 0.717) is 17.8 Å². The van der Waals surface area contributed by atoms with Crippen LogP contribution in [0.5, 0.6) is 0 Å². The van der Waals surface area contributed by atoms with Crippen molar-refractivity contribution in [1.29, 1.82) is 0 Å². The predicted molar refractivity (Wildman–Crippen MR) is 82.0 cm³/mol. The second kappa shape index (κ2) is 5.99. The van der Waals surface area contributed by atoms with Gasteiger partial charge in [-0.3, -0.25) is 4.68 Å². The number of nitrogen functional groups attached to an aromatic ring is 1. The normalized spacial score (nSPS) is 10.7. The van der Waals surface area contributed by atoms with E-state index in [1.54, 1.807) is 7.05 Å². The second-order valence-electron chi connectivity index (χ2n) is 5.19. The first-order valence-corrected chi connectivity index (χ1v) is 6.98. The smallest absolute Gasteiger partial charge is 0.359 e. The quantitative estimate of drug-likeness (QED) is 0.877. The summed E-state index contributed by atoms with van der Waals surface area (Å²) in [4.78, 5) is 12.2. The summed E-state index contributed by atoms with van der Waals surface area (Å²) in [6, 6.07) is 6.08. The molecular weight excluding hydrogens is 266 g/mol. The van der Waals surface area contributed by atoms with Crippen LogP contribution in [0.4, 0.5) is 5.69 Å². The van der Waals surface area contributed by atoms with E-state index in [9.17, 15) is 4.79 Å². The summed E-state index contributed by atoms with van der Waals surface area (Å²) in [6.07, 6.45) is 0.684. The van der Waals surface area contributed by atoms with Crippen LogP contribution in [0, 0.1) is 13.8 Å². The van der Waals surface area contributed by atoms with Crippen molar-refractivity contribution in [2.45, 2.75) is 33.8 Å². The maximum atomic E-state index is 12.2. The van der Waals surface area contributed by atoms with Crippen molar-refractivity contribution < 1.29 is 9.53 Å². The van der Waals surface area contributed by atoms with Gasteiger partial charge in [0.2, 0.25) is 0 Å². The average Bonchev–Trinajstić information content (AvgIpc) is 2.74. The maximum absolute atomic E-state index is 12.2. The van der Waals surface area contributed by atoms with E-state index in [1.165, 1.54) is 4.68 Å². The van der Waals surface area contributed by atoms with Crippen molar-refractivity contribution in [2.75, 3.05) is 5.73 Å². The van der Waals surface area contributed by atoms with E-state index in [2.05, 4.69) is 5.10 Å². The topological polar surface area (TPSA) is 70.1 Å². The number of anilines is 1. The molecule has 1 aromatic carbocycles. The SMILES string of the molecule is CCc1nn(C)c(C(=O)OCc2cc(C)ccc2C)c1N. The summed E-state index contributed by atoms with van der Waals surface area (Å²) >= 11 is 0. The molecule has 2 N–H and O–H groups in total. The van der Waals surface area contributed by atoms with E-state index >= 15 is 0 Å². The van der Waals surface area contributed by atoms with Gasteiger partial charge in [0, 0.05) is 7.05 Å². The number of esters is 1. The molecule has 0 aliphatic carbocycles. The van der Waals surface area contributed by atoms with Gasteiger partial charge in [-0.15, -0.1) is 0 Å². The summed E-state index contributed by atoms with van der Waals surface area (Å²) in [5.41, 5.74) is 10.6. The Kier molecular flexibility index (Phi) is 4.31. The molecule has 1 aromatic heterocycles. The number of nitrogens with zero attached hydrogens (tertiary/aromatic N) is 2. The minimum atomic E-state index is -0.442.